The molecule has 256 valence electrons. The van der Waals surface area contributed by atoms with Crippen molar-refractivity contribution in [1.82, 2.24) is 0 Å². The van der Waals surface area contributed by atoms with Gasteiger partial charge in [-0.05, 0) is 5.53 Å². The van der Waals surface area contributed by atoms with Crippen molar-refractivity contribution in [2.45, 2.75) is 110 Å². The van der Waals surface area contributed by atoms with Gasteiger partial charge in [0.25, 0.3) is 0 Å². The van der Waals surface area contributed by atoms with Crippen molar-refractivity contribution in [2.75, 3.05) is 13.2 Å². The van der Waals surface area contributed by atoms with Crippen molar-refractivity contribution in [3.05, 3.63) is 10.4 Å². The van der Waals surface area contributed by atoms with Gasteiger partial charge in [-0.25, -0.2) is 0 Å². The summed E-state index contributed by atoms with van der Waals surface area (Å²) in [6.45, 7) is -2.44. The van der Waals surface area contributed by atoms with Crippen molar-refractivity contribution >= 4 is 41.8 Å². The molecule has 0 radical (unpaired) electrons. The van der Waals surface area contributed by atoms with E-state index < -0.39 is 144 Å². The molecular weight excluding hydrogens is 626 g/mol. The molecule has 20 heteroatoms. The third kappa shape index (κ3) is 11.1. The lowest BCUT2D eigenvalue weighted by atomic mass is 9.95. The Labute approximate surface area is 267 Å². The van der Waals surface area contributed by atoms with E-state index >= 15 is 0 Å². The highest BCUT2D eigenvalue weighted by Crippen LogP contribution is 2.35. The number of carbonyl (C=O) groups excluding carboxylic acids is 7. The SMILES string of the molecule is [2H]CC(=O)OC[C@H]1OC(O[C@H]2[C@H](OC(C)=O)[C@@H](N=[N+]=[N-])[C@H](OC(C)=O)O[C@@H]2COC(C)=O)[C@H](OC(=O)C[2H])[C@@H](OC(=O)C[2H])[C@H]1OC(=O)C[2H]. The number of azide groups is 1. The molecule has 2 aliphatic rings. The first-order valence-corrected chi connectivity index (χ1v) is 13.1. The van der Waals surface area contributed by atoms with Crippen LogP contribution in [-0.2, 0) is 80.9 Å². The largest absolute Gasteiger partial charge is 0.463 e. The summed E-state index contributed by atoms with van der Waals surface area (Å²) in [7, 11) is 0. The van der Waals surface area contributed by atoms with Gasteiger partial charge in [-0.1, -0.05) is 5.11 Å². The molecule has 0 bridgehead atoms. The molecule has 1 unspecified atom stereocenters. The van der Waals surface area contributed by atoms with Crippen molar-refractivity contribution in [2.24, 2.45) is 5.11 Å². The number of esters is 7. The summed E-state index contributed by atoms with van der Waals surface area (Å²) < 4.78 is 83.6. The van der Waals surface area contributed by atoms with E-state index in [0.29, 0.717) is 0 Å². The van der Waals surface area contributed by atoms with Crippen LogP contribution in [0, 0.1) is 0 Å². The second kappa shape index (κ2) is 17.2. The fourth-order valence-electron chi connectivity index (χ4n) is 4.47. The van der Waals surface area contributed by atoms with Gasteiger partial charge in [0.15, 0.2) is 24.6 Å². The molecule has 2 saturated heterocycles. The predicted molar refractivity (Wildman–Crippen MR) is 142 cm³/mol. The summed E-state index contributed by atoms with van der Waals surface area (Å²) in [4.78, 5) is 87.7. The van der Waals surface area contributed by atoms with Crippen LogP contribution < -0.4 is 0 Å². The summed E-state index contributed by atoms with van der Waals surface area (Å²) in [5.41, 5.74) is 9.30. The number of nitrogens with zero attached hydrogens (tertiary/aromatic N) is 3. The van der Waals surface area contributed by atoms with E-state index in [1.807, 2.05) is 0 Å². The second-order valence-electron chi connectivity index (χ2n) is 9.41. The molecule has 0 aliphatic carbocycles. The van der Waals surface area contributed by atoms with Crippen LogP contribution in [0.5, 0.6) is 0 Å². The van der Waals surface area contributed by atoms with E-state index in [2.05, 4.69) is 10.0 Å². The summed E-state index contributed by atoms with van der Waals surface area (Å²) in [6, 6.07) is -1.69. The van der Waals surface area contributed by atoms with Crippen molar-refractivity contribution in [1.29, 1.82) is 0 Å². The Balaban J connectivity index is 2.79. The number of hydrogen-bond acceptors (Lipinski definition) is 18. The fourth-order valence-corrected chi connectivity index (χ4v) is 4.47. The van der Waals surface area contributed by atoms with Gasteiger partial charge in [0, 0.05) is 58.8 Å². The molecule has 0 saturated carbocycles. The average Bonchev–Trinajstić information content (AvgIpc) is 3.06. The molecule has 0 aromatic rings. The third-order valence-corrected chi connectivity index (χ3v) is 5.93. The first-order chi connectivity index (χ1) is 23.7. The van der Waals surface area contributed by atoms with Crippen molar-refractivity contribution in [3.8, 4) is 0 Å². The lowest BCUT2D eigenvalue weighted by Crippen LogP contribution is -2.66. The van der Waals surface area contributed by atoms with E-state index in [1.165, 1.54) is 0 Å². The Morgan fingerprint density at radius 1 is 0.609 bits per heavy atom. The number of rotatable bonds is 12. The first-order valence-electron chi connectivity index (χ1n) is 15.9. The van der Waals surface area contributed by atoms with Crippen LogP contribution in [-0.4, -0.2) is 116 Å². The summed E-state index contributed by atoms with van der Waals surface area (Å²) in [5.74, 6) is -7.64. The zero-order valence-corrected chi connectivity index (χ0v) is 24.8. The van der Waals surface area contributed by atoms with E-state index in [1.54, 1.807) is 0 Å². The smallest absolute Gasteiger partial charge is 0.304 e. The van der Waals surface area contributed by atoms with Crippen LogP contribution in [0.25, 0.3) is 10.4 Å². The normalized spacial score (nSPS) is 31.5. The molecule has 0 aromatic heterocycles. The second-order valence-corrected chi connectivity index (χ2v) is 9.41. The molecule has 2 heterocycles. The van der Waals surface area contributed by atoms with Crippen LogP contribution in [0.4, 0.5) is 0 Å². The molecule has 20 nitrogen and oxygen atoms in total. The quantitative estimate of drug-likeness (QED) is 0.0867. The molecule has 2 fully saturated rings. The Morgan fingerprint density at radius 2 is 1.09 bits per heavy atom. The summed E-state index contributed by atoms with van der Waals surface area (Å²) in [5, 5.41) is 3.52. The molecular formula is C26H35N3O17. The predicted octanol–water partition coefficient (Wildman–Crippen LogP) is -0.0836. The van der Waals surface area contributed by atoms with Gasteiger partial charge in [0.2, 0.25) is 6.29 Å². The molecule has 46 heavy (non-hydrogen) atoms. The maximum absolute atomic E-state index is 12.5. The Hall–Kier alpha value is -4.52. The molecule has 10 atom stereocenters. The maximum Gasteiger partial charge on any atom is 0.304 e. The first kappa shape index (κ1) is 31.5. The number of hydrogen-bond donors (Lipinski definition) is 0. The molecule has 0 spiro atoms. The van der Waals surface area contributed by atoms with Gasteiger partial charge in [-0.15, -0.1) is 0 Å². The van der Waals surface area contributed by atoms with Crippen LogP contribution in [0.1, 0.15) is 53.9 Å². The Kier molecular flexibility index (Phi) is 11.8. The molecule has 0 N–H and O–H groups in total. The standard InChI is InChI=1S/C26H35N3O17/c1-10(30)37-8-17-20(22(40-13(4)33)19(28-29-27)25(44-17)43-16(7)36)46-26-24(42-15(6)35)23(41-14(5)34)21(39-12(3)32)18(45-26)9-38-11(2)31/h17-26H,8-9H2,1-7H3/t17-,18-,19-,20-,21+,22-,23+,24-,25-,26?/m1/s1/i2D,3D,5D,6D. The maximum atomic E-state index is 12.5. The van der Waals surface area contributed by atoms with E-state index in [-0.39, 0.29) is 0 Å². The Bertz CT molecular complexity index is 1300. The average molecular weight is 666 g/mol. The van der Waals surface area contributed by atoms with Gasteiger partial charge in [0.05, 0.1) is 0 Å². The van der Waals surface area contributed by atoms with Crippen LogP contribution in [0.3, 0.4) is 0 Å². The van der Waals surface area contributed by atoms with Crippen LogP contribution in [0.15, 0.2) is 5.11 Å². The minimum atomic E-state index is -2.05. The van der Waals surface area contributed by atoms with E-state index in [9.17, 15) is 39.1 Å². The zero-order valence-electron chi connectivity index (χ0n) is 28.8. The lowest BCUT2D eigenvalue weighted by molar-refractivity contribution is -0.347. The van der Waals surface area contributed by atoms with E-state index in [0.717, 1.165) is 20.8 Å². The molecule has 2 rings (SSSR count). The minimum absolute atomic E-state index is 0.700. The van der Waals surface area contributed by atoms with Crippen molar-refractivity contribution < 1.29 is 86.4 Å². The Morgan fingerprint density at radius 3 is 1.61 bits per heavy atom. The van der Waals surface area contributed by atoms with Crippen LogP contribution >= 0.6 is 0 Å². The molecule has 0 amide bonds. The zero-order chi connectivity index (χ0) is 37.5. The van der Waals surface area contributed by atoms with Gasteiger partial charge >= 0.3 is 41.8 Å². The molecule has 2 aliphatic heterocycles. The van der Waals surface area contributed by atoms with Crippen molar-refractivity contribution in [3.63, 3.8) is 0 Å². The van der Waals surface area contributed by atoms with Gasteiger partial charge in [-0.3, -0.25) is 33.6 Å². The highest BCUT2D eigenvalue weighted by atomic mass is 16.8. The van der Waals surface area contributed by atoms with Gasteiger partial charge < -0.3 is 47.4 Å². The molecule has 0 aromatic carbocycles. The number of ether oxygens (including phenoxy) is 10. The lowest BCUT2D eigenvalue weighted by Gasteiger charge is -2.48. The topological polar surface area (TPSA) is 261 Å². The van der Waals surface area contributed by atoms with Gasteiger partial charge in [0.1, 0.15) is 43.7 Å². The summed E-state index contributed by atoms with van der Waals surface area (Å²) >= 11 is 0. The number of carbonyl (C=O) groups is 7. The highest BCUT2D eigenvalue weighted by Gasteiger charge is 2.57. The third-order valence-electron chi connectivity index (χ3n) is 5.93. The monoisotopic (exact) mass is 665 g/mol. The summed E-state index contributed by atoms with van der Waals surface area (Å²) in [6.07, 6.45) is -16.4. The van der Waals surface area contributed by atoms with Gasteiger partial charge in [-0.2, -0.15) is 0 Å². The van der Waals surface area contributed by atoms with E-state index in [4.69, 9.17) is 52.9 Å². The fraction of sp³-hybridized carbons (Fsp3) is 0.731. The minimum Gasteiger partial charge on any atom is -0.463 e. The highest BCUT2D eigenvalue weighted by molar-refractivity contribution is 5.69. The van der Waals surface area contributed by atoms with Crippen LogP contribution in [0.2, 0.25) is 0 Å².